The Balaban J connectivity index is 1.01. The monoisotopic (exact) mass is 632 g/mol. The van der Waals surface area contributed by atoms with Crippen molar-refractivity contribution in [3.63, 3.8) is 0 Å². The average Bonchev–Trinajstić information content (AvgIpc) is 3.54. The van der Waals surface area contributed by atoms with E-state index in [0.717, 1.165) is 87.0 Å². The quantitative estimate of drug-likeness (QED) is 0.445. The Kier molecular flexibility index (Phi) is 7.57. The number of nitrogens with one attached hydrogen (secondary N) is 1. The number of hydrogen-bond donors (Lipinski definition) is 1. The molecular weight excluding hydrogens is 584 g/mol. The topological polar surface area (TPSA) is 120 Å². The molecule has 5 heterocycles. The predicted octanol–water partition coefficient (Wildman–Crippen LogP) is 4.19. The van der Waals surface area contributed by atoms with Crippen molar-refractivity contribution in [2.24, 2.45) is 12.5 Å². The largest absolute Gasteiger partial charge is 0.444 e. The van der Waals surface area contributed by atoms with Crippen molar-refractivity contribution in [3.8, 4) is 0 Å². The lowest BCUT2D eigenvalue weighted by Crippen LogP contribution is -2.63. The average molecular weight is 633 g/mol. The second-order valence-electron chi connectivity index (χ2n) is 15.2. The lowest BCUT2D eigenvalue weighted by Gasteiger charge is -2.54. The van der Waals surface area contributed by atoms with Gasteiger partial charge in [0.15, 0.2) is 5.65 Å². The predicted molar refractivity (Wildman–Crippen MR) is 174 cm³/mol. The van der Waals surface area contributed by atoms with Crippen LogP contribution in [0.2, 0.25) is 0 Å². The van der Waals surface area contributed by atoms with Gasteiger partial charge in [0.25, 0.3) is 0 Å². The van der Waals surface area contributed by atoms with Crippen LogP contribution in [-0.4, -0.2) is 84.9 Å². The van der Waals surface area contributed by atoms with Gasteiger partial charge >= 0.3 is 6.09 Å². The first kappa shape index (κ1) is 31.0. The third-order valence-corrected chi connectivity index (χ3v) is 10.8. The first-order valence-corrected chi connectivity index (χ1v) is 16.8. The van der Waals surface area contributed by atoms with E-state index < -0.39 is 17.7 Å². The van der Waals surface area contributed by atoms with Gasteiger partial charge in [0, 0.05) is 62.1 Å². The van der Waals surface area contributed by atoms with Gasteiger partial charge in [0.05, 0.1) is 36.2 Å². The molecule has 3 aromatic rings. The van der Waals surface area contributed by atoms with Gasteiger partial charge in [-0.2, -0.15) is 10.2 Å². The lowest BCUT2D eigenvalue weighted by atomic mass is 9.57. The molecule has 8 rings (SSSR count). The molecule has 0 radical (unpaired) electrons. The summed E-state index contributed by atoms with van der Waals surface area (Å²) in [4.78, 5) is 35.2. The number of anilines is 1. The van der Waals surface area contributed by atoms with Crippen LogP contribution < -0.4 is 10.2 Å². The number of hydrogen-bond acceptors (Lipinski definition) is 8. The third kappa shape index (κ3) is 5.62. The first-order valence-electron chi connectivity index (χ1n) is 16.8. The summed E-state index contributed by atoms with van der Waals surface area (Å²) in [6.07, 6.45) is 8.41. The number of nitrogens with zero attached hydrogens (tertiary/aromatic N) is 7. The van der Waals surface area contributed by atoms with E-state index in [1.807, 2.05) is 45.6 Å². The first-order chi connectivity index (χ1) is 21.8. The Hall–Kier alpha value is -3.67. The van der Waals surface area contributed by atoms with Gasteiger partial charge in [-0.1, -0.05) is 0 Å². The van der Waals surface area contributed by atoms with Crippen molar-refractivity contribution in [1.29, 1.82) is 0 Å². The van der Waals surface area contributed by atoms with Crippen LogP contribution in [0.1, 0.15) is 81.9 Å². The van der Waals surface area contributed by atoms with Gasteiger partial charge in [-0.05, 0) is 84.6 Å². The highest BCUT2D eigenvalue weighted by Crippen LogP contribution is 2.53. The molecule has 1 unspecified atom stereocenters. The third-order valence-electron chi connectivity index (χ3n) is 10.8. The zero-order valence-corrected chi connectivity index (χ0v) is 28.2. The number of fused-ring (bicyclic) bond motifs is 5. The summed E-state index contributed by atoms with van der Waals surface area (Å²) in [6, 6.07) is 1.51. The molecule has 3 aromatic heterocycles. The molecule has 1 atom stereocenters. The highest BCUT2D eigenvalue weighted by Gasteiger charge is 2.51. The fraction of sp³-hybridized carbons (Fsp3) is 0.676. The normalized spacial score (nSPS) is 26.3. The van der Waals surface area contributed by atoms with Crippen LogP contribution in [-0.2, 0) is 40.8 Å². The number of rotatable bonds is 5. The standard InChI is InChI=1S/C34H48N8O4/c1-22-17-27(24-18-35-39(6)29(24)36-22)40-14-7-26-25(19-40)23(2)38-42(26)21-33-8-11-34(12-9-33,13-10-33)37-30(43)28-20-45-16-15-41(28)31(44)46-32(3,4)5/h17-18,28H,7-16,19-21H2,1-6H3,(H,37,43). The van der Waals surface area contributed by atoms with E-state index in [4.69, 9.17) is 19.6 Å². The highest BCUT2D eigenvalue weighted by molar-refractivity contribution is 5.90. The number of amides is 2. The molecule has 1 saturated heterocycles. The number of aromatic nitrogens is 5. The van der Waals surface area contributed by atoms with Crippen LogP contribution in [0, 0.1) is 19.3 Å². The van der Waals surface area contributed by atoms with Crippen LogP contribution in [0.3, 0.4) is 0 Å². The molecule has 5 aliphatic rings. The van der Waals surface area contributed by atoms with Crippen LogP contribution in [0.5, 0.6) is 0 Å². The lowest BCUT2D eigenvalue weighted by molar-refractivity contribution is -0.136. The van der Waals surface area contributed by atoms with E-state index in [1.54, 1.807) is 0 Å². The van der Waals surface area contributed by atoms with Crippen LogP contribution in [0.25, 0.3) is 11.0 Å². The number of carbonyl (C=O) groups is 2. The molecule has 12 nitrogen and oxygen atoms in total. The summed E-state index contributed by atoms with van der Waals surface area (Å²) >= 11 is 0. The fourth-order valence-electron chi connectivity index (χ4n) is 8.19. The minimum atomic E-state index is -0.671. The summed E-state index contributed by atoms with van der Waals surface area (Å²) in [7, 11) is 1.95. The molecule has 12 heteroatoms. The van der Waals surface area contributed by atoms with Gasteiger partial charge < -0.3 is 19.7 Å². The number of pyridine rings is 1. The summed E-state index contributed by atoms with van der Waals surface area (Å²) in [5, 5.41) is 14.1. The van der Waals surface area contributed by atoms with Gasteiger partial charge in [0.1, 0.15) is 11.6 Å². The van der Waals surface area contributed by atoms with E-state index in [-0.39, 0.29) is 23.5 Å². The Morgan fingerprint density at radius 2 is 1.85 bits per heavy atom. The molecule has 2 aliphatic heterocycles. The summed E-state index contributed by atoms with van der Waals surface area (Å²) in [5.74, 6) is -0.130. The Morgan fingerprint density at radius 1 is 1.11 bits per heavy atom. The molecule has 46 heavy (non-hydrogen) atoms. The zero-order chi connectivity index (χ0) is 32.4. The minimum absolute atomic E-state index is 0.130. The van der Waals surface area contributed by atoms with E-state index in [9.17, 15) is 9.59 Å². The smallest absolute Gasteiger partial charge is 0.411 e. The van der Waals surface area contributed by atoms with Gasteiger partial charge in [-0.25, -0.2) is 9.78 Å². The molecule has 1 N–H and O–H groups in total. The van der Waals surface area contributed by atoms with E-state index in [1.165, 1.54) is 21.8 Å². The van der Waals surface area contributed by atoms with Crippen LogP contribution in [0.4, 0.5) is 10.5 Å². The molecular formula is C34H48N8O4. The number of morpholine rings is 1. The maximum atomic E-state index is 13.6. The molecule has 248 valence electrons. The molecule has 2 amide bonds. The highest BCUT2D eigenvalue weighted by atomic mass is 16.6. The van der Waals surface area contributed by atoms with Crippen molar-refractivity contribution in [2.45, 2.75) is 110 Å². The fourth-order valence-corrected chi connectivity index (χ4v) is 8.19. The van der Waals surface area contributed by atoms with Crippen molar-refractivity contribution in [1.82, 2.24) is 34.8 Å². The van der Waals surface area contributed by atoms with Gasteiger partial charge in [-0.3, -0.25) is 19.1 Å². The SMILES string of the molecule is Cc1cc(N2CCc3c(c(C)nn3CC34CCC(NC(=O)C5COCCN5C(=O)OC(C)(C)C)(CC3)CC4)C2)c2cnn(C)c2n1. The van der Waals surface area contributed by atoms with E-state index >= 15 is 0 Å². The van der Waals surface area contributed by atoms with Gasteiger partial charge in [-0.15, -0.1) is 0 Å². The zero-order valence-electron chi connectivity index (χ0n) is 28.2. The summed E-state index contributed by atoms with van der Waals surface area (Å²) in [6.45, 7) is 13.4. The molecule has 4 fully saturated rings. The molecule has 2 bridgehead atoms. The van der Waals surface area contributed by atoms with Crippen LogP contribution >= 0.6 is 0 Å². The Labute approximate surface area is 270 Å². The molecule has 3 aliphatic carbocycles. The maximum Gasteiger partial charge on any atom is 0.411 e. The molecule has 0 spiro atoms. The van der Waals surface area contributed by atoms with E-state index in [2.05, 4.69) is 33.0 Å². The minimum Gasteiger partial charge on any atom is -0.444 e. The Morgan fingerprint density at radius 3 is 2.57 bits per heavy atom. The number of aryl methyl sites for hydroxylation is 3. The van der Waals surface area contributed by atoms with Crippen molar-refractivity contribution in [3.05, 3.63) is 34.9 Å². The van der Waals surface area contributed by atoms with Gasteiger partial charge in [0.2, 0.25) is 5.91 Å². The van der Waals surface area contributed by atoms with Crippen molar-refractivity contribution >= 4 is 28.7 Å². The summed E-state index contributed by atoms with van der Waals surface area (Å²) in [5.41, 5.74) is 6.27. The molecule has 0 aromatic carbocycles. The Bertz CT molecular complexity index is 1640. The number of carbonyl (C=O) groups excluding carboxylic acids is 2. The summed E-state index contributed by atoms with van der Waals surface area (Å²) < 4.78 is 15.4. The van der Waals surface area contributed by atoms with Crippen molar-refractivity contribution in [2.75, 3.05) is 31.2 Å². The van der Waals surface area contributed by atoms with E-state index in [0.29, 0.717) is 13.2 Å². The second kappa shape index (κ2) is 11.2. The van der Waals surface area contributed by atoms with Crippen LogP contribution in [0.15, 0.2) is 12.3 Å². The molecule has 3 saturated carbocycles. The van der Waals surface area contributed by atoms with Crippen molar-refractivity contribution < 1.29 is 19.1 Å². The second-order valence-corrected chi connectivity index (χ2v) is 15.2. The number of ether oxygens (including phenoxy) is 2. The maximum absolute atomic E-state index is 13.6.